The first-order valence-corrected chi connectivity index (χ1v) is 9.13. The maximum absolute atomic E-state index is 11.4. The fourth-order valence-corrected chi connectivity index (χ4v) is 3.30. The third kappa shape index (κ3) is 6.05. The van der Waals surface area contributed by atoms with Crippen LogP contribution in [0.3, 0.4) is 0 Å². The molecule has 1 rings (SSSR count). The van der Waals surface area contributed by atoms with E-state index in [4.69, 9.17) is 0 Å². The van der Waals surface area contributed by atoms with Crippen molar-refractivity contribution in [2.24, 2.45) is 5.92 Å². The molecule has 1 atom stereocenters. The van der Waals surface area contributed by atoms with Crippen molar-refractivity contribution in [2.75, 3.05) is 11.5 Å². The maximum atomic E-state index is 11.4. The highest BCUT2D eigenvalue weighted by Crippen LogP contribution is 2.18. The largest absolute Gasteiger partial charge is 0.481 e. The minimum Gasteiger partial charge on any atom is -0.481 e. The van der Waals surface area contributed by atoms with Gasteiger partial charge in [0, 0.05) is 10.2 Å². The van der Waals surface area contributed by atoms with Crippen molar-refractivity contribution in [3.8, 4) is 0 Å². The van der Waals surface area contributed by atoms with Crippen molar-refractivity contribution in [2.45, 2.75) is 26.2 Å². The van der Waals surface area contributed by atoms with Crippen LogP contribution in [-0.4, -0.2) is 31.0 Å². The van der Waals surface area contributed by atoms with Crippen LogP contribution in [0, 0.1) is 5.92 Å². The van der Waals surface area contributed by atoms with E-state index in [2.05, 4.69) is 15.9 Å². The predicted octanol–water partition coefficient (Wildman–Crippen LogP) is 2.91. The normalized spacial score (nSPS) is 13.1. The van der Waals surface area contributed by atoms with Gasteiger partial charge in [-0.3, -0.25) is 4.79 Å². The Labute approximate surface area is 128 Å². The molecule has 112 valence electrons. The van der Waals surface area contributed by atoms with Crippen LogP contribution in [0.15, 0.2) is 28.7 Å². The van der Waals surface area contributed by atoms with E-state index in [1.54, 1.807) is 6.92 Å². The highest BCUT2D eigenvalue weighted by Gasteiger charge is 2.19. The van der Waals surface area contributed by atoms with Crippen molar-refractivity contribution in [1.29, 1.82) is 0 Å². The molecule has 0 saturated heterocycles. The summed E-state index contributed by atoms with van der Waals surface area (Å²) in [6.45, 7) is 1.60. The molecule has 0 saturated carbocycles. The minimum atomic E-state index is -3.02. The monoisotopic (exact) mass is 362 g/mol. The van der Waals surface area contributed by atoms with Crippen LogP contribution < -0.4 is 0 Å². The van der Waals surface area contributed by atoms with Gasteiger partial charge in [-0.2, -0.15) is 0 Å². The smallest absolute Gasteiger partial charge is 0.306 e. The van der Waals surface area contributed by atoms with Gasteiger partial charge in [-0.05, 0) is 37.0 Å². The van der Waals surface area contributed by atoms with Crippen LogP contribution in [0.5, 0.6) is 0 Å². The number of rotatable bonds is 8. The van der Waals surface area contributed by atoms with Gasteiger partial charge < -0.3 is 5.11 Å². The zero-order chi connectivity index (χ0) is 15.2. The molecule has 0 aliphatic carbocycles. The summed E-state index contributed by atoms with van der Waals surface area (Å²) in [4.78, 5) is 11.3. The molecule has 0 heterocycles. The molecule has 4 nitrogen and oxygen atoms in total. The van der Waals surface area contributed by atoms with Gasteiger partial charge in [-0.1, -0.05) is 35.0 Å². The number of hydrogen-bond acceptors (Lipinski definition) is 3. The lowest BCUT2D eigenvalue weighted by Gasteiger charge is -2.12. The summed E-state index contributed by atoms with van der Waals surface area (Å²) in [5.41, 5.74) is 0.935. The molecule has 0 aromatic heterocycles. The Morgan fingerprint density at radius 2 is 2.10 bits per heavy atom. The Morgan fingerprint density at radius 1 is 1.40 bits per heavy atom. The molecule has 0 bridgehead atoms. The summed E-state index contributed by atoms with van der Waals surface area (Å²) >= 11 is 3.35. The van der Waals surface area contributed by atoms with Crippen LogP contribution in [0.2, 0.25) is 0 Å². The molecule has 20 heavy (non-hydrogen) atoms. The van der Waals surface area contributed by atoms with Gasteiger partial charge in [0.25, 0.3) is 0 Å². The fraction of sp³-hybridized carbons (Fsp3) is 0.500. The van der Waals surface area contributed by atoms with Crippen molar-refractivity contribution in [3.05, 3.63) is 34.3 Å². The van der Waals surface area contributed by atoms with E-state index >= 15 is 0 Å². The molecule has 0 amide bonds. The lowest BCUT2D eigenvalue weighted by molar-refractivity contribution is -0.141. The first kappa shape index (κ1) is 17.2. The van der Waals surface area contributed by atoms with Gasteiger partial charge >= 0.3 is 5.97 Å². The van der Waals surface area contributed by atoms with Gasteiger partial charge in [0.2, 0.25) is 0 Å². The third-order valence-electron chi connectivity index (χ3n) is 3.17. The molecular weight excluding hydrogens is 344 g/mol. The number of halogens is 1. The summed E-state index contributed by atoms with van der Waals surface area (Å²) in [6.07, 6.45) is 1.18. The van der Waals surface area contributed by atoms with Gasteiger partial charge in [-0.15, -0.1) is 0 Å². The Hall–Kier alpha value is -0.880. The number of carboxylic acid groups (broad SMARTS) is 1. The van der Waals surface area contributed by atoms with E-state index < -0.39 is 21.7 Å². The zero-order valence-electron chi connectivity index (χ0n) is 11.4. The summed E-state index contributed by atoms with van der Waals surface area (Å²) in [6, 6.07) is 7.51. The molecule has 6 heteroatoms. The molecule has 0 aliphatic rings. The van der Waals surface area contributed by atoms with Gasteiger partial charge in [-0.25, -0.2) is 8.42 Å². The summed E-state index contributed by atoms with van der Waals surface area (Å²) in [7, 11) is -3.02. The first-order valence-electron chi connectivity index (χ1n) is 6.51. The Kier molecular flexibility index (Phi) is 6.68. The summed E-state index contributed by atoms with van der Waals surface area (Å²) in [5, 5.41) is 9.23. The fourth-order valence-electron chi connectivity index (χ4n) is 1.96. The van der Waals surface area contributed by atoms with E-state index in [0.717, 1.165) is 10.0 Å². The van der Waals surface area contributed by atoms with Crippen LogP contribution >= 0.6 is 15.9 Å². The van der Waals surface area contributed by atoms with E-state index in [0.29, 0.717) is 19.3 Å². The number of carboxylic acids is 1. The number of carbonyl (C=O) groups is 1. The Balaban J connectivity index is 2.60. The topological polar surface area (TPSA) is 71.4 Å². The lowest BCUT2D eigenvalue weighted by atomic mass is 9.95. The van der Waals surface area contributed by atoms with E-state index in [9.17, 15) is 18.3 Å². The maximum Gasteiger partial charge on any atom is 0.306 e. The molecular formula is C14H19BrO4S. The average Bonchev–Trinajstić information content (AvgIpc) is 2.37. The quantitative estimate of drug-likeness (QED) is 0.771. The average molecular weight is 363 g/mol. The molecule has 0 spiro atoms. The van der Waals surface area contributed by atoms with Gasteiger partial charge in [0.1, 0.15) is 9.84 Å². The molecule has 0 aliphatic heterocycles. The number of aliphatic carboxylic acids is 1. The number of sulfone groups is 1. The Morgan fingerprint density at radius 3 is 2.65 bits per heavy atom. The standard InChI is InChI=1S/C14H19BrO4S/c1-2-20(18,19)8-4-6-12(14(16)17)9-11-5-3-7-13(15)10-11/h3,5,7,10,12H,2,4,6,8-9H2,1H3,(H,16,17). The van der Waals surface area contributed by atoms with Crippen LogP contribution in [-0.2, 0) is 21.1 Å². The van der Waals surface area contributed by atoms with E-state index in [1.807, 2.05) is 24.3 Å². The molecule has 0 radical (unpaired) electrons. The zero-order valence-corrected chi connectivity index (χ0v) is 13.8. The summed E-state index contributed by atoms with van der Waals surface area (Å²) < 4.78 is 23.7. The predicted molar refractivity (Wildman–Crippen MR) is 82.5 cm³/mol. The van der Waals surface area contributed by atoms with Crippen molar-refractivity contribution < 1.29 is 18.3 Å². The number of benzene rings is 1. The van der Waals surface area contributed by atoms with Gasteiger partial charge in [0.05, 0.1) is 11.7 Å². The second kappa shape index (κ2) is 7.78. The van der Waals surface area contributed by atoms with Crippen molar-refractivity contribution in [1.82, 2.24) is 0 Å². The molecule has 1 aromatic rings. The van der Waals surface area contributed by atoms with Crippen molar-refractivity contribution in [3.63, 3.8) is 0 Å². The van der Waals surface area contributed by atoms with E-state index in [-0.39, 0.29) is 11.5 Å². The second-order valence-electron chi connectivity index (χ2n) is 4.75. The molecule has 1 N–H and O–H groups in total. The highest BCUT2D eigenvalue weighted by atomic mass is 79.9. The van der Waals surface area contributed by atoms with Crippen LogP contribution in [0.25, 0.3) is 0 Å². The van der Waals surface area contributed by atoms with Crippen LogP contribution in [0.1, 0.15) is 25.3 Å². The summed E-state index contributed by atoms with van der Waals surface area (Å²) in [5.74, 6) is -1.25. The first-order chi connectivity index (χ1) is 9.34. The van der Waals surface area contributed by atoms with E-state index in [1.165, 1.54) is 0 Å². The Bertz CT molecular complexity index is 554. The number of hydrogen-bond donors (Lipinski definition) is 1. The molecule has 1 aromatic carbocycles. The van der Waals surface area contributed by atoms with Gasteiger partial charge in [0.15, 0.2) is 0 Å². The van der Waals surface area contributed by atoms with Crippen molar-refractivity contribution >= 4 is 31.7 Å². The second-order valence-corrected chi connectivity index (χ2v) is 8.14. The minimum absolute atomic E-state index is 0.0613. The third-order valence-corrected chi connectivity index (χ3v) is 5.45. The van der Waals surface area contributed by atoms with Crippen LogP contribution in [0.4, 0.5) is 0 Å². The molecule has 1 unspecified atom stereocenters. The molecule has 0 fully saturated rings. The lowest BCUT2D eigenvalue weighted by Crippen LogP contribution is -2.18. The highest BCUT2D eigenvalue weighted by molar-refractivity contribution is 9.10. The SMILES string of the molecule is CCS(=O)(=O)CCCC(Cc1cccc(Br)c1)C(=O)O.